The zero-order chi connectivity index (χ0) is 16.2. The van der Waals surface area contributed by atoms with Crippen LogP contribution < -0.4 is 10.1 Å². The van der Waals surface area contributed by atoms with Gasteiger partial charge in [-0.3, -0.25) is 9.48 Å². The van der Waals surface area contributed by atoms with E-state index in [1.165, 1.54) is 0 Å². The Bertz CT molecular complexity index is 790. The van der Waals surface area contributed by atoms with Crippen LogP contribution in [0.2, 0.25) is 5.02 Å². The van der Waals surface area contributed by atoms with Crippen LogP contribution in [0.1, 0.15) is 37.1 Å². The standard InChI is InChI=1S/C16H17ClN4O2/c1-9-6-16(7-12(18-9)13-8-21(2)20-19-13)11-4-3-10(17)5-14(11)23-15(16)22/h3-5,8-9,12,18H,6-7H2,1-2H3/t9-,12-,16?/m0/s1. The summed E-state index contributed by atoms with van der Waals surface area (Å²) in [5.74, 6) is 0.381. The molecule has 120 valence electrons. The second-order valence-electron chi connectivity index (χ2n) is 6.46. The molecule has 3 heterocycles. The van der Waals surface area contributed by atoms with E-state index in [4.69, 9.17) is 16.3 Å². The maximum absolute atomic E-state index is 12.7. The predicted octanol–water partition coefficient (Wildman–Crippen LogP) is 2.14. The fourth-order valence-corrected chi connectivity index (χ4v) is 3.96. The van der Waals surface area contributed by atoms with E-state index in [1.54, 1.807) is 10.7 Å². The van der Waals surface area contributed by atoms with Crippen molar-refractivity contribution in [1.29, 1.82) is 0 Å². The van der Waals surface area contributed by atoms with E-state index in [2.05, 4.69) is 22.6 Å². The number of esters is 1. The van der Waals surface area contributed by atoms with Crippen LogP contribution in [0.25, 0.3) is 0 Å². The van der Waals surface area contributed by atoms with Crippen molar-refractivity contribution in [3.05, 3.63) is 40.7 Å². The van der Waals surface area contributed by atoms with Crippen molar-refractivity contribution in [2.75, 3.05) is 0 Å². The molecule has 2 aliphatic rings. The lowest BCUT2D eigenvalue weighted by atomic mass is 9.69. The van der Waals surface area contributed by atoms with Crippen LogP contribution in [-0.4, -0.2) is 27.0 Å². The van der Waals surface area contributed by atoms with Crippen molar-refractivity contribution < 1.29 is 9.53 Å². The number of halogens is 1. The Balaban J connectivity index is 1.77. The molecule has 1 saturated heterocycles. The average Bonchev–Trinajstić information content (AvgIpc) is 3.02. The van der Waals surface area contributed by atoms with Crippen LogP contribution in [-0.2, 0) is 17.3 Å². The van der Waals surface area contributed by atoms with Gasteiger partial charge in [-0.15, -0.1) is 5.10 Å². The fraction of sp³-hybridized carbons (Fsp3) is 0.438. The monoisotopic (exact) mass is 332 g/mol. The number of carbonyl (C=O) groups excluding carboxylic acids is 1. The van der Waals surface area contributed by atoms with Gasteiger partial charge in [0.15, 0.2) is 0 Å². The Morgan fingerprint density at radius 1 is 1.43 bits per heavy atom. The quantitative estimate of drug-likeness (QED) is 0.640. The second kappa shape index (κ2) is 5.04. The third-order valence-corrected chi connectivity index (χ3v) is 4.96. The van der Waals surface area contributed by atoms with Crippen LogP contribution in [0.4, 0.5) is 0 Å². The highest BCUT2D eigenvalue weighted by molar-refractivity contribution is 6.30. The largest absolute Gasteiger partial charge is 0.425 e. The highest BCUT2D eigenvalue weighted by Gasteiger charge is 2.53. The first-order chi connectivity index (χ1) is 11.0. The Morgan fingerprint density at radius 3 is 3.00 bits per heavy atom. The van der Waals surface area contributed by atoms with Gasteiger partial charge in [-0.2, -0.15) is 0 Å². The fourth-order valence-electron chi connectivity index (χ4n) is 3.80. The lowest BCUT2D eigenvalue weighted by molar-refractivity contribution is -0.140. The van der Waals surface area contributed by atoms with Gasteiger partial charge >= 0.3 is 5.97 Å². The first-order valence-corrected chi connectivity index (χ1v) is 8.00. The van der Waals surface area contributed by atoms with E-state index in [9.17, 15) is 4.79 Å². The summed E-state index contributed by atoms with van der Waals surface area (Å²) in [4.78, 5) is 12.7. The number of nitrogens with one attached hydrogen (secondary N) is 1. The molecule has 6 nitrogen and oxygen atoms in total. The zero-order valence-electron chi connectivity index (χ0n) is 12.9. The van der Waals surface area contributed by atoms with Gasteiger partial charge in [-0.25, -0.2) is 0 Å². The summed E-state index contributed by atoms with van der Waals surface area (Å²) < 4.78 is 7.20. The molecule has 1 fully saturated rings. The first-order valence-electron chi connectivity index (χ1n) is 7.62. The molecule has 1 aromatic heterocycles. The van der Waals surface area contributed by atoms with Crippen molar-refractivity contribution in [3.8, 4) is 5.75 Å². The summed E-state index contributed by atoms with van der Waals surface area (Å²) in [5.41, 5.74) is 1.12. The summed E-state index contributed by atoms with van der Waals surface area (Å²) in [6, 6.07) is 5.56. The lowest BCUT2D eigenvalue weighted by Crippen LogP contribution is -2.50. The van der Waals surface area contributed by atoms with Gasteiger partial charge in [0.1, 0.15) is 11.2 Å². The van der Waals surface area contributed by atoms with Crippen LogP contribution in [0.3, 0.4) is 0 Å². The highest BCUT2D eigenvalue weighted by atomic mass is 35.5. The minimum atomic E-state index is -0.646. The van der Waals surface area contributed by atoms with Crippen LogP contribution >= 0.6 is 11.6 Å². The van der Waals surface area contributed by atoms with Crippen LogP contribution in [0.15, 0.2) is 24.4 Å². The van der Waals surface area contributed by atoms with Crippen molar-refractivity contribution in [2.45, 2.75) is 37.3 Å². The molecule has 4 rings (SSSR count). The molecule has 2 aliphatic heterocycles. The number of hydrogen-bond acceptors (Lipinski definition) is 5. The van der Waals surface area contributed by atoms with Crippen molar-refractivity contribution in [1.82, 2.24) is 20.3 Å². The van der Waals surface area contributed by atoms with Gasteiger partial charge in [0.05, 0.1) is 11.7 Å². The predicted molar refractivity (Wildman–Crippen MR) is 84.3 cm³/mol. The van der Waals surface area contributed by atoms with E-state index in [0.717, 1.165) is 11.3 Å². The molecule has 23 heavy (non-hydrogen) atoms. The number of carbonyl (C=O) groups is 1. The van der Waals surface area contributed by atoms with Gasteiger partial charge in [-0.05, 0) is 31.9 Å². The van der Waals surface area contributed by atoms with Gasteiger partial charge in [0, 0.05) is 29.9 Å². The van der Waals surface area contributed by atoms with Gasteiger partial charge in [-0.1, -0.05) is 22.9 Å². The topological polar surface area (TPSA) is 69.0 Å². The molecule has 0 saturated carbocycles. The Hall–Kier alpha value is -1.92. The molecular weight excluding hydrogens is 316 g/mol. The van der Waals surface area contributed by atoms with E-state index in [-0.39, 0.29) is 18.1 Å². The van der Waals surface area contributed by atoms with Gasteiger partial charge < -0.3 is 10.1 Å². The SMILES string of the molecule is C[C@H]1CC2(C[C@@H](c3cn(C)nn3)N1)C(=O)Oc1cc(Cl)ccc12. The van der Waals surface area contributed by atoms with Crippen molar-refractivity contribution in [3.63, 3.8) is 0 Å². The minimum absolute atomic E-state index is 0.0402. The molecular formula is C16H17ClN4O2. The maximum Gasteiger partial charge on any atom is 0.322 e. The number of nitrogens with zero attached hydrogens (tertiary/aromatic N) is 3. The summed E-state index contributed by atoms with van der Waals surface area (Å²) in [6.45, 7) is 2.07. The molecule has 0 radical (unpaired) electrons. The molecule has 2 aromatic rings. The number of rotatable bonds is 1. The Kier molecular flexibility index (Phi) is 3.21. The molecule has 7 heteroatoms. The molecule has 1 spiro atoms. The van der Waals surface area contributed by atoms with Gasteiger partial charge in [0.25, 0.3) is 0 Å². The number of benzene rings is 1. The lowest BCUT2D eigenvalue weighted by Gasteiger charge is -2.39. The molecule has 0 amide bonds. The van der Waals surface area contributed by atoms with E-state index in [1.807, 2.05) is 25.4 Å². The van der Waals surface area contributed by atoms with Crippen LogP contribution in [0.5, 0.6) is 5.75 Å². The summed E-state index contributed by atoms with van der Waals surface area (Å²) in [5, 5.41) is 12.3. The Labute approximate surface area is 138 Å². The van der Waals surface area contributed by atoms with Crippen molar-refractivity contribution >= 4 is 17.6 Å². The number of fused-ring (bicyclic) bond motifs is 2. The maximum atomic E-state index is 12.7. The minimum Gasteiger partial charge on any atom is -0.425 e. The third kappa shape index (κ3) is 2.24. The van der Waals surface area contributed by atoms with E-state index >= 15 is 0 Å². The first kappa shape index (κ1) is 14.7. The normalized spacial score (nSPS) is 29.6. The highest BCUT2D eigenvalue weighted by Crippen LogP contribution is 2.50. The zero-order valence-corrected chi connectivity index (χ0v) is 13.7. The number of hydrogen-bond donors (Lipinski definition) is 1. The number of aromatic nitrogens is 3. The summed E-state index contributed by atoms with van der Waals surface area (Å²) in [7, 11) is 1.83. The molecule has 0 aliphatic carbocycles. The molecule has 1 aromatic carbocycles. The number of aryl methyl sites for hydroxylation is 1. The average molecular weight is 333 g/mol. The third-order valence-electron chi connectivity index (χ3n) is 4.72. The van der Waals surface area contributed by atoms with E-state index in [0.29, 0.717) is 23.6 Å². The second-order valence-corrected chi connectivity index (χ2v) is 6.89. The summed E-state index contributed by atoms with van der Waals surface area (Å²) >= 11 is 6.03. The number of piperidine rings is 1. The van der Waals surface area contributed by atoms with E-state index < -0.39 is 5.41 Å². The Morgan fingerprint density at radius 2 is 2.26 bits per heavy atom. The number of ether oxygens (including phenoxy) is 1. The molecule has 3 atom stereocenters. The van der Waals surface area contributed by atoms with Crippen molar-refractivity contribution in [2.24, 2.45) is 7.05 Å². The summed E-state index contributed by atoms with van der Waals surface area (Å²) in [6.07, 6.45) is 3.17. The molecule has 1 unspecified atom stereocenters. The molecule has 0 bridgehead atoms. The molecule has 1 N–H and O–H groups in total. The van der Waals surface area contributed by atoms with Crippen LogP contribution in [0, 0.1) is 0 Å². The smallest absolute Gasteiger partial charge is 0.322 e. The van der Waals surface area contributed by atoms with Gasteiger partial charge in [0.2, 0.25) is 0 Å².